The first-order valence-electron chi connectivity index (χ1n) is 7.81. The Morgan fingerprint density at radius 1 is 1.33 bits per heavy atom. The van der Waals surface area contributed by atoms with Crippen LogP contribution in [0.2, 0.25) is 0 Å². The summed E-state index contributed by atoms with van der Waals surface area (Å²) in [5.41, 5.74) is 0. The summed E-state index contributed by atoms with van der Waals surface area (Å²) in [6.07, 6.45) is 5.31. The fourth-order valence-electron chi connectivity index (χ4n) is 3.13. The Kier molecular flexibility index (Phi) is 7.87. The van der Waals surface area contributed by atoms with E-state index in [2.05, 4.69) is 37.9 Å². The molecule has 108 valence electrons. The van der Waals surface area contributed by atoms with E-state index in [0.29, 0.717) is 18.2 Å². The molecular formula is C15H32N2O. The van der Waals surface area contributed by atoms with Crippen LogP contribution in [0.25, 0.3) is 0 Å². The van der Waals surface area contributed by atoms with Gasteiger partial charge in [-0.2, -0.15) is 0 Å². The molecule has 0 spiro atoms. The third-order valence-electron chi connectivity index (χ3n) is 3.90. The highest BCUT2D eigenvalue weighted by molar-refractivity contribution is 4.85. The molecule has 0 bridgehead atoms. The number of hydrogen-bond donors (Lipinski definition) is 1. The number of rotatable bonds is 7. The van der Waals surface area contributed by atoms with E-state index in [9.17, 15) is 0 Å². The van der Waals surface area contributed by atoms with Crippen molar-refractivity contribution < 1.29 is 4.74 Å². The van der Waals surface area contributed by atoms with Crippen molar-refractivity contribution in [3.63, 3.8) is 0 Å². The molecule has 0 aliphatic carbocycles. The smallest absolute Gasteiger partial charge is 0.0674 e. The number of nitrogens with zero attached hydrogens (tertiary/aromatic N) is 1. The lowest BCUT2D eigenvalue weighted by Crippen LogP contribution is -2.51. The predicted octanol–water partition coefficient (Wildman–Crippen LogP) is 2.65. The van der Waals surface area contributed by atoms with Crippen LogP contribution in [-0.4, -0.2) is 49.3 Å². The van der Waals surface area contributed by atoms with Crippen LogP contribution < -0.4 is 5.32 Å². The van der Waals surface area contributed by atoms with Crippen LogP contribution in [0, 0.1) is 0 Å². The number of nitrogens with one attached hydrogen (secondary N) is 1. The second-order valence-electron chi connectivity index (χ2n) is 5.46. The van der Waals surface area contributed by atoms with Crippen molar-refractivity contribution in [2.24, 2.45) is 0 Å². The molecule has 1 N–H and O–H groups in total. The molecule has 1 heterocycles. The number of hydrogen-bond acceptors (Lipinski definition) is 3. The van der Waals surface area contributed by atoms with Crippen molar-refractivity contribution in [1.29, 1.82) is 0 Å². The molecule has 3 heteroatoms. The summed E-state index contributed by atoms with van der Waals surface area (Å²) in [5.74, 6) is 0. The van der Waals surface area contributed by atoms with Gasteiger partial charge >= 0.3 is 0 Å². The van der Waals surface area contributed by atoms with Crippen LogP contribution in [0.3, 0.4) is 0 Å². The molecular weight excluding hydrogens is 224 g/mol. The number of likely N-dealkylation sites (N-methyl/N-ethyl adjacent to an activating group) is 1. The molecule has 0 aromatic heterocycles. The van der Waals surface area contributed by atoms with Crippen molar-refractivity contribution in [3.8, 4) is 0 Å². The lowest BCUT2D eigenvalue weighted by molar-refractivity contribution is 0.0549. The van der Waals surface area contributed by atoms with Crippen LogP contribution in [-0.2, 0) is 4.74 Å². The van der Waals surface area contributed by atoms with Gasteiger partial charge in [0, 0.05) is 31.8 Å². The fourth-order valence-corrected chi connectivity index (χ4v) is 3.13. The van der Waals surface area contributed by atoms with Gasteiger partial charge in [0.15, 0.2) is 0 Å². The molecule has 0 aromatic rings. The van der Waals surface area contributed by atoms with Gasteiger partial charge in [0.25, 0.3) is 0 Å². The fraction of sp³-hybridized carbons (Fsp3) is 1.00. The van der Waals surface area contributed by atoms with Gasteiger partial charge in [-0.3, -0.25) is 4.90 Å². The highest BCUT2D eigenvalue weighted by atomic mass is 16.5. The molecule has 1 rings (SSSR count). The summed E-state index contributed by atoms with van der Waals surface area (Å²) >= 11 is 0. The normalized spacial score (nSPS) is 25.7. The second-order valence-corrected chi connectivity index (χ2v) is 5.46. The molecule has 1 saturated heterocycles. The van der Waals surface area contributed by atoms with E-state index in [1.165, 1.54) is 32.2 Å². The van der Waals surface area contributed by atoms with Gasteiger partial charge in [-0.15, -0.1) is 0 Å². The Morgan fingerprint density at radius 3 is 2.72 bits per heavy atom. The molecule has 18 heavy (non-hydrogen) atoms. The summed E-state index contributed by atoms with van der Waals surface area (Å²) in [4.78, 5) is 2.65. The summed E-state index contributed by atoms with van der Waals surface area (Å²) in [6, 6.07) is 1.30. The minimum Gasteiger partial charge on any atom is -0.377 e. The third-order valence-corrected chi connectivity index (χ3v) is 3.90. The average molecular weight is 256 g/mol. The molecule has 1 aliphatic heterocycles. The highest BCUT2D eigenvalue weighted by Gasteiger charge is 2.27. The Hall–Kier alpha value is -0.120. The van der Waals surface area contributed by atoms with Crippen LogP contribution in [0.4, 0.5) is 0 Å². The van der Waals surface area contributed by atoms with Gasteiger partial charge in [0.2, 0.25) is 0 Å². The maximum absolute atomic E-state index is 5.77. The minimum atomic E-state index is 0.380. The molecule has 3 atom stereocenters. The topological polar surface area (TPSA) is 24.5 Å². The molecule has 0 radical (unpaired) electrons. The summed E-state index contributed by atoms with van der Waals surface area (Å²) in [5, 5.41) is 3.68. The zero-order valence-electron chi connectivity index (χ0n) is 12.7. The van der Waals surface area contributed by atoms with E-state index >= 15 is 0 Å². The van der Waals surface area contributed by atoms with Crippen molar-refractivity contribution in [1.82, 2.24) is 10.2 Å². The van der Waals surface area contributed by atoms with Crippen molar-refractivity contribution in [2.45, 2.75) is 71.6 Å². The first-order valence-corrected chi connectivity index (χ1v) is 7.81. The predicted molar refractivity (Wildman–Crippen MR) is 78.1 cm³/mol. The molecule has 0 amide bonds. The average Bonchev–Trinajstić information content (AvgIpc) is 2.56. The summed E-state index contributed by atoms with van der Waals surface area (Å²) in [6.45, 7) is 13.3. The van der Waals surface area contributed by atoms with E-state index in [1.54, 1.807) is 0 Å². The SMILES string of the molecule is CCCC(NCC)C(CC)N1CCCOC(C)C1. The first-order chi connectivity index (χ1) is 8.72. The van der Waals surface area contributed by atoms with E-state index in [0.717, 1.165) is 19.7 Å². The van der Waals surface area contributed by atoms with Gasteiger partial charge in [-0.25, -0.2) is 0 Å². The molecule has 1 fully saturated rings. The maximum Gasteiger partial charge on any atom is 0.0674 e. The monoisotopic (exact) mass is 256 g/mol. The van der Waals surface area contributed by atoms with Gasteiger partial charge in [-0.05, 0) is 32.7 Å². The largest absolute Gasteiger partial charge is 0.377 e. The van der Waals surface area contributed by atoms with Gasteiger partial charge < -0.3 is 10.1 Å². The Bertz CT molecular complexity index is 205. The van der Waals surface area contributed by atoms with Gasteiger partial charge in [0.05, 0.1) is 6.10 Å². The molecule has 3 unspecified atom stereocenters. The Balaban J connectivity index is 2.64. The Morgan fingerprint density at radius 2 is 2.11 bits per heavy atom. The number of ether oxygens (including phenoxy) is 1. The second kappa shape index (κ2) is 8.89. The molecule has 0 saturated carbocycles. The molecule has 1 aliphatic rings. The van der Waals surface area contributed by atoms with E-state index in [-0.39, 0.29) is 0 Å². The van der Waals surface area contributed by atoms with E-state index < -0.39 is 0 Å². The van der Waals surface area contributed by atoms with Crippen LogP contribution in [0.15, 0.2) is 0 Å². The summed E-state index contributed by atoms with van der Waals surface area (Å²) < 4.78 is 5.77. The van der Waals surface area contributed by atoms with Crippen LogP contribution in [0.1, 0.15) is 53.4 Å². The maximum atomic E-state index is 5.77. The van der Waals surface area contributed by atoms with E-state index in [4.69, 9.17) is 4.74 Å². The first kappa shape index (κ1) is 15.9. The third kappa shape index (κ3) is 4.87. The van der Waals surface area contributed by atoms with E-state index in [1.807, 2.05) is 0 Å². The van der Waals surface area contributed by atoms with Crippen LogP contribution >= 0.6 is 0 Å². The summed E-state index contributed by atoms with van der Waals surface area (Å²) in [7, 11) is 0. The van der Waals surface area contributed by atoms with Gasteiger partial charge in [-0.1, -0.05) is 27.2 Å². The van der Waals surface area contributed by atoms with Crippen molar-refractivity contribution >= 4 is 0 Å². The lowest BCUT2D eigenvalue weighted by Gasteiger charge is -2.37. The zero-order chi connectivity index (χ0) is 13.4. The Labute approximate surface area is 113 Å². The zero-order valence-corrected chi connectivity index (χ0v) is 12.7. The molecule has 3 nitrogen and oxygen atoms in total. The van der Waals surface area contributed by atoms with Crippen molar-refractivity contribution in [3.05, 3.63) is 0 Å². The lowest BCUT2D eigenvalue weighted by atomic mass is 9.98. The minimum absolute atomic E-state index is 0.380. The van der Waals surface area contributed by atoms with Crippen molar-refractivity contribution in [2.75, 3.05) is 26.2 Å². The standard InChI is InChI=1S/C15H32N2O/c1-5-9-14(16-7-3)15(6-2)17-10-8-11-18-13(4)12-17/h13-16H,5-12H2,1-4H3. The quantitative estimate of drug-likeness (QED) is 0.758. The highest BCUT2D eigenvalue weighted by Crippen LogP contribution is 2.17. The molecule has 0 aromatic carbocycles. The van der Waals surface area contributed by atoms with Gasteiger partial charge in [0.1, 0.15) is 0 Å². The van der Waals surface area contributed by atoms with Crippen LogP contribution in [0.5, 0.6) is 0 Å².